The summed E-state index contributed by atoms with van der Waals surface area (Å²) in [5.74, 6) is 1.52. The monoisotopic (exact) mass is 259 g/mol. The maximum Gasteiger partial charge on any atom is 0.187 e. The van der Waals surface area contributed by atoms with E-state index in [-0.39, 0.29) is 0 Å². The van der Waals surface area contributed by atoms with Crippen molar-refractivity contribution in [1.82, 2.24) is 8.75 Å². The molecule has 0 saturated heterocycles. The Kier molecular flexibility index (Phi) is 4.03. The zero-order valence-electron chi connectivity index (χ0n) is 9.82. The van der Waals surface area contributed by atoms with Crippen LogP contribution in [0.1, 0.15) is 39.5 Å². The van der Waals surface area contributed by atoms with Crippen LogP contribution in [0.25, 0.3) is 0 Å². The Morgan fingerprint density at radius 2 is 2.06 bits per heavy atom. The van der Waals surface area contributed by atoms with Crippen molar-refractivity contribution in [2.75, 3.05) is 11.4 Å². The molecule has 1 aliphatic carbocycles. The molecule has 0 atom stereocenters. The lowest BCUT2D eigenvalue weighted by Gasteiger charge is -2.30. The molecule has 1 aromatic rings. The van der Waals surface area contributed by atoms with Crippen molar-refractivity contribution >= 4 is 29.1 Å². The number of nitrogens with zero attached hydrogens (tertiary/aromatic N) is 3. The van der Waals surface area contributed by atoms with Gasteiger partial charge in [0.15, 0.2) is 11.0 Å². The molecule has 0 bridgehead atoms. The van der Waals surface area contributed by atoms with Gasteiger partial charge in [0.25, 0.3) is 0 Å². The molecule has 1 aromatic heterocycles. The van der Waals surface area contributed by atoms with Crippen LogP contribution < -0.4 is 4.90 Å². The average molecular weight is 260 g/mol. The minimum atomic E-state index is 0.567. The van der Waals surface area contributed by atoms with E-state index in [0.29, 0.717) is 17.1 Å². The Hall–Kier alpha value is -0.350. The Balaban J connectivity index is 2.16. The average Bonchev–Trinajstić information content (AvgIpc) is 2.84. The molecule has 0 aromatic carbocycles. The lowest BCUT2D eigenvalue weighted by atomic mass is 10.1. The Morgan fingerprint density at radius 3 is 2.56 bits per heavy atom. The van der Waals surface area contributed by atoms with Crippen LogP contribution in [0.15, 0.2) is 0 Å². The summed E-state index contributed by atoms with van der Waals surface area (Å²) in [6, 6.07) is 0.615. The van der Waals surface area contributed by atoms with Gasteiger partial charge < -0.3 is 4.90 Å². The van der Waals surface area contributed by atoms with Crippen LogP contribution in [0.2, 0.25) is 5.15 Å². The smallest absolute Gasteiger partial charge is 0.187 e. The third-order valence-electron chi connectivity index (χ3n) is 3.03. The third kappa shape index (κ3) is 2.66. The Bertz CT molecular complexity index is 334. The van der Waals surface area contributed by atoms with E-state index in [1.165, 1.54) is 37.4 Å². The first-order chi connectivity index (χ1) is 7.68. The van der Waals surface area contributed by atoms with E-state index in [9.17, 15) is 0 Å². The van der Waals surface area contributed by atoms with Gasteiger partial charge in [-0.2, -0.15) is 8.75 Å². The van der Waals surface area contributed by atoms with Crippen LogP contribution in [0.3, 0.4) is 0 Å². The van der Waals surface area contributed by atoms with Gasteiger partial charge >= 0.3 is 0 Å². The molecule has 0 radical (unpaired) electrons. The van der Waals surface area contributed by atoms with E-state index in [2.05, 4.69) is 27.5 Å². The van der Waals surface area contributed by atoms with Gasteiger partial charge in [-0.3, -0.25) is 0 Å². The number of rotatable bonds is 4. The molecule has 2 rings (SSSR count). The highest BCUT2D eigenvalue weighted by Crippen LogP contribution is 2.31. The fraction of sp³-hybridized carbons (Fsp3) is 0.818. The predicted octanol–water partition coefficient (Wildman–Crippen LogP) is 3.60. The Labute approximate surface area is 106 Å². The third-order valence-corrected chi connectivity index (χ3v) is 3.90. The number of hydrogen-bond acceptors (Lipinski definition) is 4. The molecular formula is C11H18ClN3S. The van der Waals surface area contributed by atoms with E-state index in [1.807, 2.05) is 0 Å². The van der Waals surface area contributed by atoms with Crippen molar-refractivity contribution in [3.8, 4) is 0 Å². The SMILES string of the molecule is CC(C)CN(c1nsnc1Cl)C1CCCC1. The molecule has 90 valence electrons. The summed E-state index contributed by atoms with van der Waals surface area (Å²) >= 11 is 7.30. The molecule has 0 amide bonds. The summed E-state index contributed by atoms with van der Waals surface area (Å²) in [7, 11) is 0. The number of anilines is 1. The molecule has 0 unspecified atom stereocenters. The summed E-state index contributed by atoms with van der Waals surface area (Å²) in [5.41, 5.74) is 0. The van der Waals surface area contributed by atoms with E-state index in [1.54, 1.807) is 0 Å². The van der Waals surface area contributed by atoms with Crippen LogP contribution in [0.4, 0.5) is 5.82 Å². The molecule has 16 heavy (non-hydrogen) atoms. The van der Waals surface area contributed by atoms with Crippen molar-refractivity contribution in [2.24, 2.45) is 5.92 Å². The van der Waals surface area contributed by atoms with Gasteiger partial charge in [-0.1, -0.05) is 38.3 Å². The largest absolute Gasteiger partial charge is 0.350 e. The van der Waals surface area contributed by atoms with Gasteiger partial charge in [0.2, 0.25) is 0 Å². The van der Waals surface area contributed by atoms with Gasteiger partial charge in [-0.15, -0.1) is 0 Å². The van der Waals surface area contributed by atoms with E-state index < -0.39 is 0 Å². The van der Waals surface area contributed by atoms with Crippen LogP contribution in [-0.4, -0.2) is 21.3 Å². The van der Waals surface area contributed by atoms with Gasteiger partial charge in [-0.25, -0.2) is 0 Å². The molecule has 5 heteroatoms. The molecule has 1 saturated carbocycles. The molecule has 0 spiro atoms. The summed E-state index contributed by atoms with van der Waals surface area (Å²) in [5, 5.41) is 0.567. The first kappa shape index (κ1) is 12.1. The van der Waals surface area contributed by atoms with Crippen LogP contribution >= 0.6 is 23.3 Å². The maximum atomic E-state index is 6.09. The fourth-order valence-electron chi connectivity index (χ4n) is 2.36. The first-order valence-corrected chi connectivity index (χ1v) is 7.04. The van der Waals surface area contributed by atoms with E-state index in [0.717, 1.165) is 12.4 Å². The molecule has 3 nitrogen and oxygen atoms in total. The summed E-state index contributed by atoms with van der Waals surface area (Å²) in [4.78, 5) is 2.36. The topological polar surface area (TPSA) is 29.0 Å². The highest BCUT2D eigenvalue weighted by atomic mass is 35.5. The minimum Gasteiger partial charge on any atom is -0.350 e. The van der Waals surface area contributed by atoms with Crippen LogP contribution in [-0.2, 0) is 0 Å². The molecular weight excluding hydrogens is 242 g/mol. The van der Waals surface area contributed by atoms with E-state index in [4.69, 9.17) is 11.6 Å². The summed E-state index contributed by atoms with van der Waals surface area (Å²) in [6.07, 6.45) is 5.18. The standard InChI is InChI=1S/C11H18ClN3S/c1-8(2)7-15(9-5-3-4-6-9)11-10(12)13-16-14-11/h8-9H,3-7H2,1-2H3. The molecule has 1 aliphatic rings. The zero-order chi connectivity index (χ0) is 11.5. The number of halogens is 1. The van der Waals surface area contributed by atoms with Crippen molar-refractivity contribution in [1.29, 1.82) is 0 Å². The maximum absolute atomic E-state index is 6.09. The summed E-state index contributed by atoms with van der Waals surface area (Å²) < 4.78 is 8.41. The van der Waals surface area contributed by atoms with Gasteiger partial charge in [-0.05, 0) is 18.8 Å². The molecule has 0 aliphatic heterocycles. The second-order valence-corrected chi connectivity index (χ2v) is 5.75. The highest BCUT2D eigenvalue weighted by molar-refractivity contribution is 6.99. The zero-order valence-corrected chi connectivity index (χ0v) is 11.4. The minimum absolute atomic E-state index is 0.567. The lowest BCUT2D eigenvalue weighted by Crippen LogP contribution is -2.36. The quantitative estimate of drug-likeness (QED) is 0.827. The van der Waals surface area contributed by atoms with Crippen LogP contribution in [0.5, 0.6) is 0 Å². The van der Waals surface area contributed by atoms with Gasteiger partial charge in [0.05, 0.1) is 11.7 Å². The normalized spacial score (nSPS) is 17.2. The predicted molar refractivity (Wildman–Crippen MR) is 69.4 cm³/mol. The lowest BCUT2D eigenvalue weighted by molar-refractivity contribution is 0.532. The van der Waals surface area contributed by atoms with Crippen molar-refractivity contribution in [3.05, 3.63) is 5.15 Å². The van der Waals surface area contributed by atoms with Gasteiger partial charge in [0.1, 0.15) is 0 Å². The molecule has 1 heterocycles. The molecule has 1 fully saturated rings. The number of aromatic nitrogens is 2. The highest BCUT2D eigenvalue weighted by Gasteiger charge is 2.26. The van der Waals surface area contributed by atoms with Crippen molar-refractivity contribution < 1.29 is 0 Å². The molecule has 0 N–H and O–H groups in total. The second kappa shape index (κ2) is 5.32. The first-order valence-electron chi connectivity index (χ1n) is 5.93. The fourth-order valence-corrected chi connectivity index (χ4v) is 3.12. The van der Waals surface area contributed by atoms with Gasteiger partial charge in [0, 0.05) is 12.6 Å². The van der Waals surface area contributed by atoms with Crippen LogP contribution in [0, 0.1) is 5.92 Å². The Morgan fingerprint density at radius 1 is 1.38 bits per heavy atom. The van der Waals surface area contributed by atoms with Crippen molar-refractivity contribution in [2.45, 2.75) is 45.6 Å². The summed E-state index contributed by atoms with van der Waals surface area (Å²) in [6.45, 7) is 5.49. The number of hydrogen-bond donors (Lipinski definition) is 0. The van der Waals surface area contributed by atoms with Crippen molar-refractivity contribution in [3.63, 3.8) is 0 Å². The van der Waals surface area contributed by atoms with E-state index >= 15 is 0 Å². The second-order valence-electron chi connectivity index (χ2n) is 4.86.